The highest BCUT2D eigenvalue weighted by Gasteiger charge is 2.38. The number of hydrogen-bond acceptors (Lipinski definition) is 5. The zero-order chi connectivity index (χ0) is 18.6. The van der Waals surface area contributed by atoms with Crippen molar-refractivity contribution in [3.05, 3.63) is 23.8 Å². The molecule has 144 valence electrons. The van der Waals surface area contributed by atoms with Gasteiger partial charge in [-0.05, 0) is 68.9 Å². The Kier molecular flexibility index (Phi) is 6.04. The molecule has 2 aliphatic rings. The number of likely N-dealkylation sites (tertiary alicyclic amines) is 2. The summed E-state index contributed by atoms with van der Waals surface area (Å²) in [6, 6.07) is 5.82. The molecule has 2 heterocycles. The van der Waals surface area contributed by atoms with E-state index in [1.807, 2.05) is 18.2 Å². The van der Waals surface area contributed by atoms with Gasteiger partial charge in [-0.1, -0.05) is 6.07 Å². The van der Waals surface area contributed by atoms with Crippen LogP contribution in [0.3, 0.4) is 0 Å². The van der Waals surface area contributed by atoms with E-state index < -0.39 is 5.97 Å². The van der Waals surface area contributed by atoms with Crippen molar-refractivity contribution in [3.63, 3.8) is 0 Å². The zero-order valence-corrected chi connectivity index (χ0v) is 15.9. The number of hydrogen-bond donors (Lipinski definition) is 1. The standard InChI is InChI=1S/C20H30N2O4/c1-21-9-3-7-20(14-21)8-4-10-22(15-20)12-16-5-6-17(25-2)18(11-16)26-13-19(23)24/h5-6,11H,3-4,7-10,12-15H2,1-2H3,(H,23,24). The lowest BCUT2D eigenvalue weighted by atomic mass is 9.74. The molecule has 2 aliphatic heterocycles. The normalized spacial score (nSPS) is 24.5. The molecule has 26 heavy (non-hydrogen) atoms. The van der Waals surface area contributed by atoms with Crippen LogP contribution < -0.4 is 9.47 Å². The molecule has 1 atom stereocenters. The van der Waals surface area contributed by atoms with Crippen molar-refractivity contribution in [2.45, 2.75) is 32.2 Å². The summed E-state index contributed by atoms with van der Waals surface area (Å²) < 4.78 is 10.7. The minimum Gasteiger partial charge on any atom is -0.493 e. The van der Waals surface area contributed by atoms with Crippen LogP contribution >= 0.6 is 0 Å². The second-order valence-corrected chi connectivity index (χ2v) is 7.82. The van der Waals surface area contributed by atoms with Gasteiger partial charge < -0.3 is 19.5 Å². The largest absolute Gasteiger partial charge is 0.493 e. The number of aliphatic carboxylic acids is 1. The molecule has 0 amide bonds. The van der Waals surface area contributed by atoms with Crippen LogP contribution in [0.15, 0.2) is 18.2 Å². The Morgan fingerprint density at radius 3 is 2.65 bits per heavy atom. The molecule has 1 unspecified atom stereocenters. The fraction of sp³-hybridized carbons (Fsp3) is 0.650. The summed E-state index contributed by atoms with van der Waals surface area (Å²) in [6.07, 6.45) is 5.18. The number of carbonyl (C=O) groups is 1. The van der Waals surface area contributed by atoms with Crippen LogP contribution in [0.25, 0.3) is 0 Å². The third-order valence-corrected chi connectivity index (χ3v) is 5.58. The SMILES string of the molecule is COc1ccc(CN2CCCC3(CCCN(C)C3)C2)cc1OCC(=O)O. The molecule has 1 aromatic rings. The first-order valence-electron chi connectivity index (χ1n) is 9.42. The van der Waals surface area contributed by atoms with Gasteiger partial charge in [-0.3, -0.25) is 4.90 Å². The summed E-state index contributed by atoms with van der Waals surface area (Å²) >= 11 is 0. The summed E-state index contributed by atoms with van der Waals surface area (Å²) in [5.41, 5.74) is 1.56. The monoisotopic (exact) mass is 362 g/mol. The first-order valence-corrected chi connectivity index (χ1v) is 9.42. The smallest absolute Gasteiger partial charge is 0.341 e. The highest BCUT2D eigenvalue weighted by Crippen LogP contribution is 2.38. The average molecular weight is 362 g/mol. The Morgan fingerprint density at radius 2 is 1.96 bits per heavy atom. The van der Waals surface area contributed by atoms with Crippen LogP contribution in [-0.2, 0) is 11.3 Å². The quantitative estimate of drug-likeness (QED) is 0.839. The van der Waals surface area contributed by atoms with Crippen molar-refractivity contribution in [1.29, 1.82) is 0 Å². The number of ether oxygens (including phenoxy) is 2. The zero-order valence-electron chi connectivity index (χ0n) is 15.9. The van der Waals surface area contributed by atoms with Crippen LogP contribution in [-0.4, -0.2) is 67.8 Å². The molecule has 1 spiro atoms. The van der Waals surface area contributed by atoms with Crippen LogP contribution in [0.4, 0.5) is 0 Å². The molecule has 1 aromatic carbocycles. The number of nitrogens with zero attached hydrogens (tertiary/aromatic N) is 2. The second-order valence-electron chi connectivity index (χ2n) is 7.82. The number of rotatable bonds is 6. The van der Waals surface area contributed by atoms with Gasteiger partial charge in [0.25, 0.3) is 0 Å². The molecule has 0 saturated carbocycles. The predicted octanol–water partition coefficient (Wildman–Crippen LogP) is 2.47. The van der Waals surface area contributed by atoms with Crippen molar-refractivity contribution in [3.8, 4) is 11.5 Å². The highest BCUT2D eigenvalue weighted by molar-refractivity contribution is 5.68. The topological polar surface area (TPSA) is 62.2 Å². The molecular formula is C20H30N2O4. The number of carboxylic acid groups (broad SMARTS) is 1. The lowest BCUT2D eigenvalue weighted by Crippen LogP contribution is -2.51. The molecule has 2 fully saturated rings. The Balaban J connectivity index is 1.67. The van der Waals surface area contributed by atoms with E-state index in [-0.39, 0.29) is 6.61 Å². The molecule has 6 nitrogen and oxygen atoms in total. The first kappa shape index (κ1) is 19.0. The number of benzene rings is 1. The molecule has 3 rings (SSSR count). The van der Waals surface area contributed by atoms with Crippen molar-refractivity contribution in [1.82, 2.24) is 9.80 Å². The predicted molar refractivity (Wildman–Crippen MR) is 99.8 cm³/mol. The summed E-state index contributed by atoms with van der Waals surface area (Å²) in [7, 11) is 3.80. The van der Waals surface area contributed by atoms with E-state index in [0.29, 0.717) is 16.9 Å². The van der Waals surface area contributed by atoms with Crippen molar-refractivity contribution in [2.75, 3.05) is 46.9 Å². The highest BCUT2D eigenvalue weighted by atomic mass is 16.5. The Bertz CT molecular complexity index is 632. The Labute approximate surface area is 155 Å². The minimum absolute atomic E-state index is 0.362. The van der Waals surface area contributed by atoms with Crippen molar-refractivity contribution >= 4 is 5.97 Å². The molecular weight excluding hydrogens is 332 g/mol. The number of carboxylic acids is 1. The summed E-state index contributed by atoms with van der Waals surface area (Å²) in [4.78, 5) is 15.8. The molecule has 6 heteroatoms. The Hall–Kier alpha value is -1.79. The number of methoxy groups -OCH3 is 1. The van der Waals surface area contributed by atoms with Crippen LogP contribution in [0.1, 0.15) is 31.2 Å². The van der Waals surface area contributed by atoms with Crippen LogP contribution in [0, 0.1) is 5.41 Å². The van der Waals surface area contributed by atoms with Gasteiger partial charge in [0, 0.05) is 19.6 Å². The molecule has 0 aromatic heterocycles. The fourth-order valence-electron chi connectivity index (χ4n) is 4.56. The second kappa shape index (κ2) is 8.27. The van der Waals surface area contributed by atoms with E-state index in [0.717, 1.165) is 25.2 Å². The van der Waals surface area contributed by atoms with Gasteiger partial charge in [0.1, 0.15) is 0 Å². The minimum atomic E-state index is -0.989. The Morgan fingerprint density at radius 1 is 1.19 bits per heavy atom. The van der Waals surface area contributed by atoms with E-state index in [4.69, 9.17) is 14.6 Å². The summed E-state index contributed by atoms with van der Waals surface area (Å²) in [6.45, 7) is 5.15. The average Bonchev–Trinajstić information content (AvgIpc) is 2.60. The lowest BCUT2D eigenvalue weighted by molar-refractivity contribution is -0.139. The van der Waals surface area contributed by atoms with Gasteiger partial charge in [0.2, 0.25) is 0 Å². The maximum atomic E-state index is 10.8. The number of piperidine rings is 2. The molecule has 2 saturated heterocycles. The third kappa shape index (κ3) is 4.68. The van der Waals surface area contributed by atoms with Crippen LogP contribution in [0.2, 0.25) is 0 Å². The van der Waals surface area contributed by atoms with Crippen molar-refractivity contribution in [2.24, 2.45) is 5.41 Å². The molecule has 1 N–H and O–H groups in total. The summed E-state index contributed by atoms with van der Waals surface area (Å²) in [5.74, 6) is 0.0763. The third-order valence-electron chi connectivity index (χ3n) is 5.58. The van der Waals surface area contributed by atoms with Gasteiger partial charge in [0.15, 0.2) is 18.1 Å². The molecule has 0 bridgehead atoms. The fourth-order valence-corrected chi connectivity index (χ4v) is 4.56. The maximum Gasteiger partial charge on any atom is 0.341 e. The molecule has 0 radical (unpaired) electrons. The first-order chi connectivity index (χ1) is 12.5. The van der Waals surface area contributed by atoms with Crippen molar-refractivity contribution < 1.29 is 19.4 Å². The van der Waals surface area contributed by atoms with E-state index >= 15 is 0 Å². The van der Waals surface area contributed by atoms with Crippen LogP contribution in [0.5, 0.6) is 11.5 Å². The van der Waals surface area contributed by atoms with E-state index in [1.165, 1.54) is 38.8 Å². The van der Waals surface area contributed by atoms with Gasteiger partial charge in [-0.2, -0.15) is 0 Å². The summed E-state index contributed by atoms with van der Waals surface area (Å²) in [5, 5.41) is 8.85. The maximum absolute atomic E-state index is 10.8. The van der Waals surface area contributed by atoms with E-state index in [9.17, 15) is 4.79 Å². The van der Waals surface area contributed by atoms with Gasteiger partial charge in [-0.25, -0.2) is 4.79 Å². The van der Waals surface area contributed by atoms with Gasteiger partial charge >= 0.3 is 5.97 Å². The van der Waals surface area contributed by atoms with Gasteiger partial charge in [0.05, 0.1) is 7.11 Å². The van der Waals surface area contributed by atoms with E-state index in [1.54, 1.807) is 7.11 Å². The van der Waals surface area contributed by atoms with Gasteiger partial charge in [-0.15, -0.1) is 0 Å². The molecule has 0 aliphatic carbocycles. The lowest BCUT2D eigenvalue weighted by Gasteiger charge is -2.48. The van der Waals surface area contributed by atoms with E-state index in [2.05, 4.69) is 16.8 Å².